The van der Waals surface area contributed by atoms with Crippen LogP contribution in [-0.2, 0) is 21.2 Å². The van der Waals surface area contributed by atoms with Gasteiger partial charge in [-0.1, -0.05) is 12.1 Å². The molecule has 0 heterocycles. The van der Waals surface area contributed by atoms with Crippen LogP contribution in [0.1, 0.15) is 5.56 Å². The molecular weight excluding hydrogens is 242 g/mol. The van der Waals surface area contributed by atoms with Crippen molar-refractivity contribution in [3.05, 3.63) is 29.8 Å². The van der Waals surface area contributed by atoms with Crippen LogP contribution in [0.4, 0.5) is 0 Å². The molecule has 1 rings (SSSR count). The number of methoxy groups -OCH3 is 1. The molecular formula is C11H17NO4S. The number of aliphatic hydroxyl groups is 1. The van der Waals surface area contributed by atoms with Crippen molar-refractivity contribution in [3.8, 4) is 0 Å². The van der Waals surface area contributed by atoms with Crippen LogP contribution in [0.15, 0.2) is 29.2 Å². The zero-order valence-electron chi connectivity index (χ0n) is 9.72. The largest absolute Gasteiger partial charge is 0.396 e. The van der Waals surface area contributed by atoms with Crippen LogP contribution in [0.5, 0.6) is 0 Å². The van der Waals surface area contributed by atoms with Crippen LogP contribution in [0.25, 0.3) is 0 Å². The average Bonchev–Trinajstić information content (AvgIpc) is 2.30. The lowest BCUT2D eigenvalue weighted by atomic mass is 10.2. The van der Waals surface area contributed by atoms with E-state index in [1.807, 2.05) is 0 Å². The number of hydrogen-bond donors (Lipinski definition) is 2. The molecule has 1 aromatic rings. The molecule has 0 fully saturated rings. The Morgan fingerprint density at radius 2 is 1.94 bits per heavy atom. The first-order chi connectivity index (χ1) is 8.10. The van der Waals surface area contributed by atoms with Gasteiger partial charge in [-0.3, -0.25) is 0 Å². The fraction of sp³-hybridized carbons (Fsp3) is 0.455. The van der Waals surface area contributed by atoms with E-state index in [-0.39, 0.29) is 18.0 Å². The number of nitrogens with one attached hydrogen (secondary N) is 1. The van der Waals surface area contributed by atoms with Gasteiger partial charge >= 0.3 is 0 Å². The summed E-state index contributed by atoms with van der Waals surface area (Å²) in [5, 5.41) is 8.75. The lowest BCUT2D eigenvalue weighted by Gasteiger charge is -2.06. The average molecular weight is 259 g/mol. The molecule has 0 radical (unpaired) electrons. The van der Waals surface area contributed by atoms with Crippen LogP contribution in [0.2, 0.25) is 0 Å². The first kappa shape index (κ1) is 14.1. The molecule has 6 heteroatoms. The SMILES string of the molecule is COCCNS(=O)(=O)c1ccc(CCO)cc1. The first-order valence-electron chi connectivity index (χ1n) is 5.28. The van der Waals surface area contributed by atoms with E-state index in [9.17, 15) is 8.42 Å². The fourth-order valence-electron chi connectivity index (χ4n) is 1.33. The molecule has 5 nitrogen and oxygen atoms in total. The Morgan fingerprint density at radius 3 is 2.47 bits per heavy atom. The topological polar surface area (TPSA) is 75.6 Å². The minimum absolute atomic E-state index is 0.0538. The van der Waals surface area contributed by atoms with Crippen LogP contribution in [0.3, 0.4) is 0 Å². The zero-order chi connectivity index (χ0) is 12.7. The molecule has 0 atom stereocenters. The third-order valence-corrected chi connectivity index (χ3v) is 3.71. The van der Waals surface area contributed by atoms with Gasteiger partial charge in [-0.25, -0.2) is 13.1 Å². The standard InChI is InChI=1S/C11H17NO4S/c1-16-9-7-12-17(14,15)11-4-2-10(3-5-11)6-8-13/h2-5,12-13H,6-9H2,1H3. The third-order valence-electron chi connectivity index (χ3n) is 2.23. The number of benzene rings is 1. The van der Waals surface area contributed by atoms with Crippen LogP contribution in [0, 0.1) is 0 Å². The molecule has 17 heavy (non-hydrogen) atoms. The van der Waals surface area contributed by atoms with Crippen molar-refractivity contribution in [1.82, 2.24) is 4.72 Å². The Morgan fingerprint density at radius 1 is 1.29 bits per heavy atom. The maximum absolute atomic E-state index is 11.8. The van der Waals surface area contributed by atoms with Crippen molar-refractivity contribution in [2.45, 2.75) is 11.3 Å². The van der Waals surface area contributed by atoms with Gasteiger partial charge in [0.1, 0.15) is 0 Å². The van der Waals surface area contributed by atoms with E-state index in [1.54, 1.807) is 12.1 Å². The molecule has 0 saturated heterocycles. The van der Waals surface area contributed by atoms with Crippen LogP contribution >= 0.6 is 0 Å². The molecule has 0 saturated carbocycles. The monoisotopic (exact) mass is 259 g/mol. The van der Waals surface area contributed by atoms with Crippen molar-refractivity contribution in [1.29, 1.82) is 0 Å². The highest BCUT2D eigenvalue weighted by Gasteiger charge is 2.12. The Hall–Kier alpha value is -0.950. The predicted octanol–water partition coefficient (Wildman–Crippen LogP) is 0.146. The number of hydrogen-bond acceptors (Lipinski definition) is 4. The fourth-order valence-corrected chi connectivity index (χ4v) is 2.34. The molecule has 96 valence electrons. The van der Waals surface area contributed by atoms with Gasteiger partial charge in [0, 0.05) is 20.3 Å². The Labute approximate surface area is 101 Å². The van der Waals surface area contributed by atoms with Crippen molar-refractivity contribution in [2.24, 2.45) is 0 Å². The highest BCUT2D eigenvalue weighted by atomic mass is 32.2. The molecule has 0 amide bonds. The zero-order valence-corrected chi connectivity index (χ0v) is 10.5. The van der Waals surface area contributed by atoms with Gasteiger partial charge in [-0.05, 0) is 24.1 Å². The molecule has 0 aromatic heterocycles. The van der Waals surface area contributed by atoms with Gasteiger partial charge in [0.15, 0.2) is 0 Å². The van der Waals surface area contributed by atoms with Crippen molar-refractivity contribution >= 4 is 10.0 Å². The van der Waals surface area contributed by atoms with E-state index >= 15 is 0 Å². The summed E-state index contributed by atoms with van der Waals surface area (Å²) in [6.45, 7) is 0.636. The van der Waals surface area contributed by atoms with E-state index in [1.165, 1.54) is 19.2 Å². The van der Waals surface area contributed by atoms with Crippen molar-refractivity contribution < 1.29 is 18.3 Å². The van der Waals surface area contributed by atoms with Gasteiger partial charge < -0.3 is 9.84 Å². The lowest BCUT2D eigenvalue weighted by Crippen LogP contribution is -2.27. The summed E-state index contributed by atoms with van der Waals surface area (Å²) in [5.74, 6) is 0. The predicted molar refractivity (Wildman–Crippen MR) is 64.3 cm³/mol. The summed E-state index contributed by atoms with van der Waals surface area (Å²) in [6, 6.07) is 6.45. The molecule has 0 aliphatic carbocycles. The lowest BCUT2D eigenvalue weighted by molar-refractivity contribution is 0.204. The normalized spacial score (nSPS) is 11.6. The molecule has 0 spiro atoms. The maximum Gasteiger partial charge on any atom is 0.240 e. The van der Waals surface area contributed by atoms with E-state index in [4.69, 9.17) is 9.84 Å². The second kappa shape index (κ2) is 6.70. The number of sulfonamides is 1. The minimum atomic E-state index is -3.46. The van der Waals surface area contributed by atoms with Gasteiger partial charge in [0.05, 0.1) is 11.5 Å². The molecule has 0 aliphatic rings. The first-order valence-corrected chi connectivity index (χ1v) is 6.77. The van der Waals surface area contributed by atoms with Crippen molar-refractivity contribution in [2.75, 3.05) is 26.9 Å². The number of rotatable bonds is 7. The molecule has 0 aliphatic heterocycles. The van der Waals surface area contributed by atoms with Gasteiger partial charge in [-0.2, -0.15) is 0 Å². The van der Waals surface area contributed by atoms with Crippen LogP contribution in [-0.4, -0.2) is 40.4 Å². The minimum Gasteiger partial charge on any atom is -0.396 e. The summed E-state index contributed by atoms with van der Waals surface area (Å²) >= 11 is 0. The number of ether oxygens (including phenoxy) is 1. The van der Waals surface area contributed by atoms with Crippen LogP contribution < -0.4 is 4.72 Å². The van der Waals surface area contributed by atoms with Crippen molar-refractivity contribution in [3.63, 3.8) is 0 Å². The van der Waals surface area contributed by atoms with Gasteiger partial charge in [0.2, 0.25) is 10.0 Å². The van der Waals surface area contributed by atoms with E-state index in [2.05, 4.69) is 4.72 Å². The Kier molecular flexibility index (Phi) is 5.57. The second-order valence-electron chi connectivity index (χ2n) is 3.51. The van der Waals surface area contributed by atoms with Gasteiger partial charge in [0.25, 0.3) is 0 Å². The molecule has 0 bridgehead atoms. The summed E-state index contributed by atoms with van der Waals surface area (Å²) in [4.78, 5) is 0.218. The molecule has 0 unspecified atom stereocenters. The third kappa shape index (κ3) is 4.43. The summed E-state index contributed by atoms with van der Waals surface area (Å²) in [5.41, 5.74) is 0.906. The maximum atomic E-state index is 11.8. The van der Waals surface area contributed by atoms with E-state index < -0.39 is 10.0 Å². The summed E-state index contributed by atoms with van der Waals surface area (Å²) < 4.78 is 30.7. The molecule has 2 N–H and O–H groups in total. The van der Waals surface area contributed by atoms with Gasteiger partial charge in [-0.15, -0.1) is 0 Å². The smallest absolute Gasteiger partial charge is 0.240 e. The quantitative estimate of drug-likeness (QED) is 0.683. The highest BCUT2D eigenvalue weighted by Crippen LogP contribution is 2.10. The van der Waals surface area contributed by atoms with E-state index in [0.29, 0.717) is 13.0 Å². The summed E-state index contributed by atoms with van der Waals surface area (Å²) in [6.07, 6.45) is 0.525. The number of aliphatic hydroxyl groups excluding tert-OH is 1. The second-order valence-corrected chi connectivity index (χ2v) is 5.28. The Balaban J connectivity index is 2.71. The summed E-state index contributed by atoms with van der Waals surface area (Å²) in [7, 11) is -1.94. The molecule has 1 aromatic carbocycles. The Bertz CT molecular complexity index is 427. The highest BCUT2D eigenvalue weighted by molar-refractivity contribution is 7.89. The van der Waals surface area contributed by atoms with E-state index in [0.717, 1.165) is 5.56 Å².